The molecule has 0 radical (unpaired) electrons. The van der Waals surface area contributed by atoms with Gasteiger partial charge in [0.1, 0.15) is 5.82 Å². The molecule has 0 aliphatic heterocycles. The van der Waals surface area contributed by atoms with E-state index >= 15 is 0 Å². The van der Waals surface area contributed by atoms with Crippen LogP contribution in [0.3, 0.4) is 0 Å². The SMILES string of the molecule is CN(Cc1cccs1)c1cc(C(=O)O)c(N)cn1. The van der Waals surface area contributed by atoms with Gasteiger partial charge in [-0.1, -0.05) is 6.07 Å². The van der Waals surface area contributed by atoms with Crippen molar-refractivity contribution in [3.8, 4) is 0 Å². The lowest BCUT2D eigenvalue weighted by molar-refractivity contribution is 0.0698. The number of aromatic carboxylic acids is 1. The first-order valence-electron chi connectivity index (χ1n) is 5.30. The van der Waals surface area contributed by atoms with Gasteiger partial charge in [0, 0.05) is 11.9 Å². The molecule has 18 heavy (non-hydrogen) atoms. The number of carbonyl (C=O) groups is 1. The van der Waals surface area contributed by atoms with Crippen LogP contribution in [0.5, 0.6) is 0 Å². The Kier molecular flexibility index (Phi) is 3.47. The first kappa shape index (κ1) is 12.4. The molecule has 0 atom stereocenters. The molecule has 0 bridgehead atoms. The molecule has 0 aliphatic rings. The fraction of sp³-hybridized carbons (Fsp3) is 0.167. The quantitative estimate of drug-likeness (QED) is 0.882. The minimum Gasteiger partial charge on any atom is -0.478 e. The second-order valence-electron chi connectivity index (χ2n) is 3.87. The molecule has 2 aromatic heterocycles. The largest absolute Gasteiger partial charge is 0.478 e. The normalized spacial score (nSPS) is 10.3. The maximum absolute atomic E-state index is 11.0. The van der Waals surface area contributed by atoms with Gasteiger partial charge < -0.3 is 15.7 Å². The number of thiophene rings is 1. The third kappa shape index (κ3) is 2.60. The van der Waals surface area contributed by atoms with Crippen molar-refractivity contribution in [2.75, 3.05) is 17.7 Å². The Labute approximate surface area is 108 Å². The van der Waals surface area contributed by atoms with E-state index in [-0.39, 0.29) is 11.3 Å². The van der Waals surface area contributed by atoms with E-state index in [1.165, 1.54) is 17.1 Å². The highest BCUT2D eigenvalue weighted by molar-refractivity contribution is 7.09. The van der Waals surface area contributed by atoms with Gasteiger partial charge in [-0.05, 0) is 17.5 Å². The van der Waals surface area contributed by atoms with Gasteiger partial charge in [-0.25, -0.2) is 9.78 Å². The Morgan fingerprint density at radius 3 is 3.00 bits per heavy atom. The van der Waals surface area contributed by atoms with E-state index < -0.39 is 5.97 Å². The zero-order valence-electron chi connectivity index (χ0n) is 9.83. The molecule has 2 aromatic rings. The molecule has 2 heterocycles. The van der Waals surface area contributed by atoms with Gasteiger partial charge in [-0.3, -0.25) is 0 Å². The number of nitrogens with two attached hydrogens (primary N) is 1. The van der Waals surface area contributed by atoms with Crippen LogP contribution in [0.1, 0.15) is 15.2 Å². The summed E-state index contributed by atoms with van der Waals surface area (Å²) in [4.78, 5) is 18.2. The fourth-order valence-corrected chi connectivity index (χ4v) is 2.32. The molecule has 94 valence electrons. The average Bonchev–Trinajstić information content (AvgIpc) is 2.81. The number of carboxylic acid groups (broad SMARTS) is 1. The van der Waals surface area contributed by atoms with Crippen molar-refractivity contribution in [3.05, 3.63) is 40.2 Å². The molecule has 5 nitrogen and oxygen atoms in total. The second kappa shape index (κ2) is 5.05. The summed E-state index contributed by atoms with van der Waals surface area (Å²) in [5.41, 5.74) is 5.82. The van der Waals surface area contributed by atoms with Gasteiger partial charge in [0.15, 0.2) is 0 Å². The number of nitrogens with zero attached hydrogens (tertiary/aromatic N) is 2. The molecule has 0 unspecified atom stereocenters. The van der Waals surface area contributed by atoms with E-state index in [0.29, 0.717) is 12.4 Å². The van der Waals surface area contributed by atoms with Gasteiger partial charge in [0.2, 0.25) is 0 Å². The van der Waals surface area contributed by atoms with E-state index in [2.05, 4.69) is 4.98 Å². The number of aromatic nitrogens is 1. The molecule has 2 rings (SSSR count). The molecule has 0 aromatic carbocycles. The number of hydrogen-bond donors (Lipinski definition) is 2. The molecule has 0 amide bonds. The summed E-state index contributed by atoms with van der Waals surface area (Å²) in [7, 11) is 1.86. The lowest BCUT2D eigenvalue weighted by atomic mass is 10.2. The third-order valence-corrected chi connectivity index (χ3v) is 3.38. The Morgan fingerprint density at radius 2 is 2.39 bits per heavy atom. The molecule has 6 heteroatoms. The molecular formula is C12H13N3O2S. The van der Waals surface area contributed by atoms with Gasteiger partial charge in [0.05, 0.1) is 24.0 Å². The summed E-state index contributed by atoms with van der Waals surface area (Å²) in [6.45, 7) is 0.688. The molecular weight excluding hydrogens is 250 g/mol. The van der Waals surface area contributed by atoms with Crippen molar-refractivity contribution in [3.63, 3.8) is 0 Å². The van der Waals surface area contributed by atoms with E-state index in [4.69, 9.17) is 10.8 Å². The number of pyridine rings is 1. The standard InChI is InChI=1S/C12H13N3O2S/c1-15(7-8-3-2-4-18-8)11-5-9(12(16)17)10(13)6-14-11/h2-6H,7,13H2,1H3,(H,16,17). The Balaban J connectivity index is 2.22. The highest BCUT2D eigenvalue weighted by Gasteiger charge is 2.12. The van der Waals surface area contributed by atoms with Crippen molar-refractivity contribution in [2.45, 2.75) is 6.54 Å². The van der Waals surface area contributed by atoms with E-state index in [1.807, 2.05) is 29.5 Å². The molecule has 0 aliphatic carbocycles. The van der Waals surface area contributed by atoms with Crippen LogP contribution in [0.2, 0.25) is 0 Å². The second-order valence-corrected chi connectivity index (χ2v) is 4.90. The topological polar surface area (TPSA) is 79.5 Å². The number of hydrogen-bond acceptors (Lipinski definition) is 5. The molecule has 0 spiro atoms. The van der Waals surface area contributed by atoms with Crippen molar-refractivity contribution < 1.29 is 9.90 Å². The minimum absolute atomic E-state index is 0.0815. The van der Waals surface area contributed by atoms with Crippen LogP contribution in [0, 0.1) is 0 Å². The first-order chi connectivity index (χ1) is 8.58. The first-order valence-corrected chi connectivity index (χ1v) is 6.18. The van der Waals surface area contributed by atoms with Crippen molar-refractivity contribution in [1.82, 2.24) is 4.98 Å². The van der Waals surface area contributed by atoms with E-state index in [0.717, 1.165) is 0 Å². The molecule has 3 N–H and O–H groups in total. The monoisotopic (exact) mass is 263 g/mol. The number of carboxylic acids is 1. The highest BCUT2D eigenvalue weighted by atomic mass is 32.1. The number of nitrogen functional groups attached to an aromatic ring is 1. The van der Waals surface area contributed by atoms with E-state index in [1.54, 1.807) is 11.3 Å². The van der Waals surface area contributed by atoms with Crippen LogP contribution in [0.4, 0.5) is 11.5 Å². The third-order valence-electron chi connectivity index (χ3n) is 2.51. The van der Waals surface area contributed by atoms with Crippen LogP contribution >= 0.6 is 11.3 Å². The van der Waals surface area contributed by atoms with Gasteiger partial charge in [-0.15, -0.1) is 11.3 Å². The van der Waals surface area contributed by atoms with Crippen LogP contribution in [0.25, 0.3) is 0 Å². The summed E-state index contributed by atoms with van der Waals surface area (Å²) in [5.74, 6) is -0.448. The smallest absolute Gasteiger partial charge is 0.337 e. The molecule has 0 fully saturated rings. The van der Waals surface area contributed by atoms with Gasteiger partial charge in [-0.2, -0.15) is 0 Å². The van der Waals surface area contributed by atoms with Crippen molar-refractivity contribution in [1.29, 1.82) is 0 Å². The Bertz CT molecular complexity index is 554. The zero-order chi connectivity index (χ0) is 13.1. The minimum atomic E-state index is -1.04. The molecule has 0 saturated carbocycles. The predicted molar refractivity (Wildman–Crippen MR) is 72.0 cm³/mol. The number of anilines is 2. The number of rotatable bonds is 4. The van der Waals surface area contributed by atoms with E-state index in [9.17, 15) is 4.79 Å². The Hall–Kier alpha value is -2.08. The lowest BCUT2D eigenvalue weighted by Crippen LogP contribution is -2.18. The van der Waals surface area contributed by atoms with Crippen LogP contribution in [0.15, 0.2) is 29.8 Å². The summed E-state index contributed by atoms with van der Waals surface area (Å²) < 4.78 is 0. The maximum Gasteiger partial charge on any atom is 0.337 e. The fourth-order valence-electron chi connectivity index (χ4n) is 1.57. The molecule has 0 saturated heterocycles. The maximum atomic E-state index is 11.0. The lowest BCUT2D eigenvalue weighted by Gasteiger charge is -2.17. The summed E-state index contributed by atoms with van der Waals surface area (Å²) in [6, 6.07) is 5.49. The summed E-state index contributed by atoms with van der Waals surface area (Å²) in [6.07, 6.45) is 1.38. The summed E-state index contributed by atoms with van der Waals surface area (Å²) >= 11 is 1.65. The van der Waals surface area contributed by atoms with Crippen LogP contribution < -0.4 is 10.6 Å². The van der Waals surface area contributed by atoms with Gasteiger partial charge >= 0.3 is 5.97 Å². The predicted octanol–water partition coefficient (Wildman–Crippen LogP) is 2.06. The average molecular weight is 263 g/mol. The summed E-state index contributed by atoms with van der Waals surface area (Å²) in [5, 5.41) is 11.0. The highest BCUT2D eigenvalue weighted by Crippen LogP contribution is 2.20. The Morgan fingerprint density at radius 1 is 1.61 bits per heavy atom. The van der Waals surface area contributed by atoms with Crippen molar-refractivity contribution >= 4 is 28.8 Å². The van der Waals surface area contributed by atoms with Gasteiger partial charge in [0.25, 0.3) is 0 Å². The van der Waals surface area contributed by atoms with Crippen LogP contribution in [-0.2, 0) is 6.54 Å². The van der Waals surface area contributed by atoms with Crippen LogP contribution in [-0.4, -0.2) is 23.1 Å². The zero-order valence-corrected chi connectivity index (χ0v) is 10.6. The van der Waals surface area contributed by atoms with Crippen molar-refractivity contribution in [2.24, 2.45) is 0 Å².